The number of carbonyl (C=O) groups excluding carboxylic acids is 1. The van der Waals surface area contributed by atoms with Crippen molar-refractivity contribution >= 4 is 21.8 Å². The van der Waals surface area contributed by atoms with Gasteiger partial charge in [-0.3, -0.25) is 4.79 Å². The predicted molar refractivity (Wildman–Crippen MR) is 68.3 cm³/mol. The lowest BCUT2D eigenvalue weighted by atomic mass is 9.93. The zero-order valence-corrected chi connectivity index (χ0v) is 11.2. The number of aromatic nitrogens is 1. The summed E-state index contributed by atoms with van der Waals surface area (Å²) in [6.07, 6.45) is 3.39. The summed E-state index contributed by atoms with van der Waals surface area (Å²) in [5.41, 5.74) is 5.98. The van der Waals surface area contributed by atoms with Crippen molar-refractivity contribution in [1.29, 1.82) is 0 Å². The molecule has 0 spiro atoms. The Morgan fingerprint density at radius 3 is 2.56 bits per heavy atom. The van der Waals surface area contributed by atoms with E-state index in [9.17, 15) is 4.79 Å². The number of aromatic amines is 1. The van der Waals surface area contributed by atoms with Gasteiger partial charge in [-0.05, 0) is 34.8 Å². The first-order valence-corrected chi connectivity index (χ1v) is 6.22. The third-order valence-corrected chi connectivity index (χ3v) is 3.47. The van der Waals surface area contributed by atoms with Gasteiger partial charge in [0.25, 0.3) is 5.91 Å². The number of hydrogen-bond donors (Lipinski definition) is 3. The molecule has 0 aromatic carbocycles. The van der Waals surface area contributed by atoms with Crippen LogP contribution in [0.4, 0.5) is 0 Å². The van der Waals surface area contributed by atoms with Gasteiger partial charge in [-0.25, -0.2) is 0 Å². The molecule has 1 aromatic heterocycles. The molecule has 0 atom stereocenters. The Hall–Kier alpha value is -0.810. The highest BCUT2D eigenvalue weighted by molar-refractivity contribution is 9.10. The lowest BCUT2D eigenvalue weighted by Crippen LogP contribution is -2.52. The van der Waals surface area contributed by atoms with Crippen molar-refractivity contribution in [2.24, 2.45) is 5.73 Å². The summed E-state index contributed by atoms with van der Waals surface area (Å²) in [6.45, 7) is 4.51. The summed E-state index contributed by atoms with van der Waals surface area (Å²) in [7, 11) is 0. The summed E-state index contributed by atoms with van der Waals surface area (Å²) in [6, 6.07) is 1.75. The van der Waals surface area contributed by atoms with Gasteiger partial charge in [-0.2, -0.15) is 0 Å². The van der Waals surface area contributed by atoms with E-state index in [1.807, 2.05) is 13.8 Å². The minimum atomic E-state index is -0.297. The molecule has 0 unspecified atom stereocenters. The van der Waals surface area contributed by atoms with Gasteiger partial charge in [0.15, 0.2) is 0 Å². The quantitative estimate of drug-likeness (QED) is 0.775. The Labute approximate surface area is 104 Å². The molecule has 0 fully saturated rings. The molecule has 1 heterocycles. The number of carbonyl (C=O) groups is 1. The van der Waals surface area contributed by atoms with Crippen LogP contribution in [0.5, 0.6) is 0 Å². The van der Waals surface area contributed by atoms with Crippen molar-refractivity contribution in [2.45, 2.75) is 32.2 Å². The smallest absolute Gasteiger partial charge is 0.268 e. The van der Waals surface area contributed by atoms with Crippen molar-refractivity contribution in [3.63, 3.8) is 0 Å². The summed E-state index contributed by atoms with van der Waals surface area (Å²) in [5, 5.41) is 2.99. The van der Waals surface area contributed by atoms with E-state index in [-0.39, 0.29) is 11.4 Å². The summed E-state index contributed by atoms with van der Waals surface area (Å²) in [4.78, 5) is 14.8. The SMILES string of the molecule is CCC(CC)(CN)NC(=O)c1cc(Br)c[nH]1. The molecule has 1 aromatic rings. The van der Waals surface area contributed by atoms with Crippen LogP contribution in [-0.4, -0.2) is 23.0 Å². The summed E-state index contributed by atoms with van der Waals surface area (Å²) >= 11 is 3.30. The third-order valence-electron chi connectivity index (χ3n) is 3.02. The fraction of sp³-hybridized carbons (Fsp3) is 0.545. The Morgan fingerprint density at radius 1 is 1.56 bits per heavy atom. The Bertz CT molecular complexity index is 350. The fourth-order valence-corrected chi connectivity index (χ4v) is 1.92. The molecule has 4 nitrogen and oxygen atoms in total. The molecule has 0 aliphatic rings. The van der Waals surface area contributed by atoms with Crippen molar-refractivity contribution in [3.05, 3.63) is 22.4 Å². The monoisotopic (exact) mass is 287 g/mol. The van der Waals surface area contributed by atoms with Crippen molar-refractivity contribution in [2.75, 3.05) is 6.54 Å². The molecular formula is C11H18BrN3O. The molecule has 0 bridgehead atoms. The minimum Gasteiger partial charge on any atom is -0.356 e. The summed E-state index contributed by atoms with van der Waals surface area (Å²) in [5.74, 6) is -0.111. The van der Waals surface area contributed by atoms with E-state index in [2.05, 4.69) is 26.2 Å². The van der Waals surface area contributed by atoms with Crippen molar-refractivity contribution in [3.8, 4) is 0 Å². The average molecular weight is 288 g/mol. The average Bonchev–Trinajstić information content (AvgIpc) is 2.73. The van der Waals surface area contributed by atoms with E-state index in [0.717, 1.165) is 17.3 Å². The summed E-state index contributed by atoms with van der Waals surface area (Å²) < 4.78 is 0.865. The van der Waals surface area contributed by atoms with Gasteiger partial charge in [0, 0.05) is 17.2 Å². The second-order valence-electron chi connectivity index (χ2n) is 3.88. The first-order valence-electron chi connectivity index (χ1n) is 5.43. The molecule has 4 N–H and O–H groups in total. The maximum Gasteiger partial charge on any atom is 0.268 e. The molecule has 0 saturated heterocycles. The first kappa shape index (κ1) is 13.3. The number of nitrogens with one attached hydrogen (secondary N) is 2. The van der Waals surface area contributed by atoms with Crippen LogP contribution in [0.3, 0.4) is 0 Å². The van der Waals surface area contributed by atoms with Crippen molar-refractivity contribution < 1.29 is 4.79 Å². The Morgan fingerprint density at radius 2 is 2.19 bits per heavy atom. The molecule has 1 rings (SSSR count). The van der Waals surface area contributed by atoms with E-state index in [1.165, 1.54) is 0 Å². The maximum absolute atomic E-state index is 11.9. The lowest BCUT2D eigenvalue weighted by molar-refractivity contribution is 0.0890. The molecule has 16 heavy (non-hydrogen) atoms. The van der Waals surface area contributed by atoms with Crippen LogP contribution < -0.4 is 11.1 Å². The van der Waals surface area contributed by atoms with Crippen LogP contribution in [-0.2, 0) is 0 Å². The van der Waals surface area contributed by atoms with Gasteiger partial charge in [0.05, 0.1) is 5.54 Å². The Balaban J connectivity index is 2.76. The van der Waals surface area contributed by atoms with E-state index >= 15 is 0 Å². The lowest BCUT2D eigenvalue weighted by Gasteiger charge is -2.31. The van der Waals surface area contributed by atoms with Crippen LogP contribution in [0, 0.1) is 0 Å². The number of amides is 1. The van der Waals surface area contributed by atoms with Gasteiger partial charge < -0.3 is 16.0 Å². The van der Waals surface area contributed by atoms with Crippen LogP contribution in [0.15, 0.2) is 16.7 Å². The maximum atomic E-state index is 11.9. The molecular weight excluding hydrogens is 270 g/mol. The van der Waals surface area contributed by atoms with Crippen LogP contribution in [0.1, 0.15) is 37.2 Å². The standard InChI is InChI=1S/C11H18BrN3O/c1-3-11(4-2,7-13)15-10(16)9-5-8(12)6-14-9/h5-6,14H,3-4,7,13H2,1-2H3,(H,15,16). The van der Waals surface area contributed by atoms with Gasteiger partial charge in [-0.15, -0.1) is 0 Å². The second kappa shape index (κ2) is 5.50. The number of H-pyrrole nitrogens is 1. The first-order chi connectivity index (χ1) is 7.56. The number of rotatable bonds is 5. The van der Waals surface area contributed by atoms with Gasteiger partial charge in [0.2, 0.25) is 0 Å². The van der Waals surface area contributed by atoms with E-state index in [0.29, 0.717) is 12.2 Å². The topological polar surface area (TPSA) is 70.9 Å². The van der Waals surface area contributed by atoms with Crippen LogP contribution in [0.25, 0.3) is 0 Å². The zero-order chi connectivity index (χ0) is 12.2. The minimum absolute atomic E-state index is 0.111. The molecule has 5 heteroatoms. The highest BCUT2D eigenvalue weighted by Crippen LogP contribution is 2.16. The Kier molecular flexibility index (Phi) is 4.56. The number of hydrogen-bond acceptors (Lipinski definition) is 2. The second-order valence-corrected chi connectivity index (χ2v) is 4.79. The van der Waals surface area contributed by atoms with Gasteiger partial charge in [-0.1, -0.05) is 13.8 Å². The largest absolute Gasteiger partial charge is 0.356 e. The van der Waals surface area contributed by atoms with E-state index in [1.54, 1.807) is 12.3 Å². The molecule has 0 aliphatic carbocycles. The van der Waals surface area contributed by atoms with Gasteiger partial charge >= 0.3 is 0 Å². The molecule has 1 amide bonds. The molecule has 90 valence electrons. The molecule has 0 saturated carbocycles. The van der Waals surface area contributed by atoms with Crippen LogP contribution in [0.2, 0.25) is 0 Å². The predicted octanol–water partition coefficient (Wildman–Crippen LogP) is 2.02. The normalized spacial score (nSPS) is 11.5. The van der Waals surface area contributed by atoms with Crippen molar-refractivity contribution in [1.82, 2.24) is 10.3 Å². The highest BCUT2D eigenvalue weighted by Gasteiger charge is 2.27. The number of halogens is 1. The van der Waals surface area contributed by atoms with Gasteiger partial charge in [0.1, 0.15) is 5.69 Å². The number of nitrogens with two attached hydrogens (primary N) is 1. The third kappa shape index (κ3) is 2.86. The van der Waals surface area contributed by atoms with E-state index < -0.39 is 0 Å². The molecule has 0 aliphatic heterocycles. The van der Waals surface area contributed by atoms with E-state index in [4.69, 9.17) is 5.73 Å². The zero-order valence-electron chi connectivity index (χ0n) is 9.64. The van der Waals surface area contributed by atoms with Crippen LogP contribution >= 0.6 is 15.9 Å². The highest BCUT2D eigenvalue weighted by atomic mass is 79.9. The molecule has 0 radical (unpaired) electrons. The fourth-order valence-electron chi connectivity index (χ4n) is 1.57.